The maximum Gasteiger partial charge on any atom is 0.338 e. The first-order valence-corrected chi connectivity index (χ1v) is 13.5. The first-order chi connectivity index (χ1) is 15.8. The van der Waals surface area contributed by atoms with Crippen molar-refractivity contribution >= 4 is 44.9 Å². The Kier molecular flexibility index (Phi) is 9.38. The summed E-state index contributed by atoms with van der Waals surface area (Å²) in [5.41, 5.74) is 1.18. The van der Waals surface area contributed by atoms with Gasteiger partial charge in [-0.15, -0.1) is 0 Å². The summed E-state index contributed by atoms with van der Waals surface area (Å²) in [6.07, 6.45) is 4.81. The minimum Gasteiger partial charge on any atom is -0.456 e. The number of unbranched alkanes of at least 4 members (excludes halogenated alkanes) is 1. The molecule has 0 radical (unpaired) electrons. The molecular formula is C25H30N2O4S2. The van der Waals surface area contributed by atoms with Crippen LogP contribution in [0.2, 0.25) is 0 Å². The van der Waals surface area contributed by atoms with Crippen LogP contribution in [0, 0.1) is 0 Å². The fourth-order valence-corrected chi connectivity index (χ4v) is 6.11. The van der Waals surface area contributed by atoms with Crippen LogP contribution >= 0.6 is 21.6 Å². The highest BCUT2D eigenvalue weighted by Crippen LogP contribution is 2.39. The molecule has 3 rings (SSSR count). The van der Waals surface area contributed by atoms with Gasteiger partial charge in [0.25, 0.3) is 0 Å². The normalized spacial score (nSPS) is 16.2. The van der Waals surface area contributed by atoms with Crippen LogP contribution in [0.4, 0.5) is 11.4 Å². The van der Waals surface area contributed by atoms with Crippen molar-refractivity contribution < 1.29 is 19.1 Å². The van der Waals surface area contributed by atoms with Gasteiger partial charge in [0.05, 0.1) is 16.9 Å². The average molecular weight is 487 g/mol. The molecule has 1 aliphatic rings. The zero-order chi connectivity index (χ0) is 23.7. The van der Waals surface area contributed by atoms with Crippen LogP contribution < -0.4 is 4.74 Å². The van der Waals surface area contributed by atoms with Crippen molar-refractivity contribution in [3.05, 3.63) is 54.1 Å². The molecule has 2 aromatic rings. The summed E-state index contributed by atoms with van der Waals surface area (Å²) < 4.78 is 10.8. The standard InChI is InChI=1S/C25H30N2O4S2/c1-25(2,3)31-24(29)18-8-10-19(11-9-18)26-27-20-12-14-21(15-13-20)30-23(28)7-5-4-6-22-16-17-32-33-22/h8-15,22H,4-7,16-17H2,1-3H3. The zero-order valence-corrected chi connectivity index (χ0v) is 20.9. The molecule has 2 aromatic carbocycles. The summed E-state index contributed by atoms with van der Waals surface area (Å²) >= 11 is 0. The monoisotopic (exact) mass is 486 g/mol. The van der Waals surface area contributed by atoms with Crippen molar-refractivity contribution in [2.75, 3.05) is 5.75 Å². The van der Waals surface area contributed by atoms with E-state index in [0.29, 0.717) is 29.1 Å². The second kappa shape index (κ2) is 12.2. The molecule has 0 spiro atoms. The van der Waals surface area contributed by atoms with E-state index in [1.54, 1.807) is 48.5 Å². The summed E-state index contributed by atoms with van der Waals surface area (Å²) in [5.74, 6) is 1.17. The van der Waals surface area contributed by atoms with Crippen LogP contribution in [0.5, 0.6) is 5.75 Å². The third kappa shape index (κ3) is 9.21. The molecule has 0 saturated carbocycles. The first-order valence-electron chi connectivity index (χ1n) is 11.1. The maximum atomic E-state index is 12.1. The zero-order valence-electron chi connectivity index (χ0n) is 19.3. The molecule has 176 valence electrons. The lowest BCUT2D eigenvalue weighted by Gasteiger charge is -2.19. The number of esters is 2. The molecular weight excluding hydrogens is 456 g/mol. The third-order valence-corrected chi connectivity index (χ3v) is 7.74. The van der Waals surface area contributed by atoms with Gasteiger partial charge in [-0.1, -0.05) is 28.0 Å². The molecule has 1 atom stereocenters. The Labute approximate surface area is 203 Å². The molecule has 0 bridgehead atoms. The van der Waals surface area contributed by atoms with E-state index in [4.69, 9.17) is 9.47 Å². The maximum absolute atomic E-state index is 12.1. The number of rotatable bonds is 9. The molecule has 0 N–H and O–H groups in total. The number of ether oxygens (including phenoxy) is 2. The number of carbonyl (C=O) groups is 2. The Morgan fingerprint density at radius 1 is 0.970 bits per heavy atom. The Morgan fingerprint density at radius 2 is 1.61 bits per heavy atom. The Bertz CT molecular complexity index is 948. The molecule has 33 heavy (non-hydrogen) atoms. The van der Waals surface area contributed by atoms with Gasteiger partial charge in [-0.05, 0) is 88.6 Å². The highest BCUT2D eigenvalue weighted by molar-refractivity contribution is 8.77. The van der Waals surface area contributed by atoms with E-state index in [1.807, 2.05) is 42.4 Å². The Balaban J connectivity index is 1.42. The predicted molar refractivity (Wildman–Crippen MR) is 135 cm³/mol. The van der Waals surface area contributed by atoms with Crippen LogP contribution in [0.3, 0.4) is 0 Å². The molecule has 1 aliphatic heterocycles. The van der Waals surface area contributed by atoms with Crippen LogP contribution in [-0.4, -0.2) is 28.5 Å². The van der Waals surface area contributed by atoms with Crippen LogP contribution in [-0.2, 0) is 9.53 Å². The summed E-state index contributed by atoms with van der Waals surface area (Å²) in [4.78, 5) is 24.1. The van der Waals surface area contributed by atoms with Gasteiger partial charge < -0.3 is 9.47 Å². The van der Waals surface area contributed by atoms with Crippen molar-refractivity contribution in [3.63, 3.8) is 0 Å². The predicted octanol–water partition coefficient (Wildman–Crippen LogP) is 7.68. The van der Waals surface area contributed by atoms with Gasteiger partial charge in [-0.3, -0.25) is 4.79 Å². The van der Waals surface area contributed by atoms with E-state index in [9.17, 15) is 9.59 Å². The minimum atomic E-state index is -0.538. The first kappa shape index (κ1) is 25.3. The van der Waals surface area contributed by atoms with E-state index in [1.165, 1.54) is 18.6 Å². The summed E-state index contributed by atoms with van der Waals surface area (Å²) in [6, 6.07) is 13.7. The van der Waals surface area contributed by atoms with Crippen molar-refractivity contribution in [1.29, 1.82) is 0 Å². The molecule has 1 fully saturated rings. The fourth-order valence-electron chi connectivity index (χ4n) is 3.09. The van der Waals surface area contributed by atoms with E-state index in [-0.39, 0.29) is 11.9 Å². The molecule has 1 saturated heterocycles. The van der Waals surface area contributed by atoms with Crippen LogP contribution in [0.15, 0.2) is 58.8 Å². The molecule has 6 nitrogen and oxygen atoms in total. The van der Waals surface area contributed by atoms with E-state index < -0.39 is 5.60 Å². The SMILES string of the molecule is CC(C)(C)OC(=O)c1ccc(N=Nc2ccc(OC(=O)CCCCC3CCSS3)cc2)cc1. The lowest BCUT2D eigenvalue weighted by molar-refractivity contribution is -0.134. The van der Waals surface area contributed by atoms with E-state index >= 15 is 0 Å². The summed E-state index contributed by atoms with van der Waals surface area (Å²) in [6.45, 7) is 5.49. The van der Waals surface area contributed by atoms with Gasteiger partial charge in [0, 0.05) is 17.4 Å². The van der Waals surface area contributed by atoms with Crippen molar-refractivity contribution in [1.82, 2.24) is 0 Å². The van der Waals surface area contributed by atoms with E-state index in [2.05, 4.69) is 10.2 Å². The number of benzene rings is 2. The molecule has 1 heterocycles. The summed E-state index contributed by atoms with van der Waals surface area (Å²) in [7, 11) is 3.92. The minimum absolute atomic E-state index is 0.206. The second-order valence-electron chi connectivity index (χ2n) is 8.79. The number of nitrogens with zero attached hydrogens (tertiary/aromatic N) is 2. The summed E-state index contributed by atoms with van der Waals surface area (Å²) in [5, 5.41) is 9.13. The van der Waals surface area contributed by atoms with Gasteiger partial charge in [0.15, 0.2) is 0 Å². The van der Waals surface area contributed by atoms with Crippen molar-refractivity contribution in [2.24, 2.45) is 10.2 Å². The molecule has 0 aliphatic carbocycles. The van der Waals surface area contributed by atoms with E-state index in [0.717, 1.165) is 18.1 Å². The second-order valence-corrected chi connectivity index (χ2v) is 11.6. The molecule has 0 aromatic heterocycles. The number of hydrogen-bond acceptors (Lipinski definition) is 8. The number of carbonyl (C=O) groups excluding carboxylic acids is 2. The molecule has 8 heteroatoms. The van der Waals surface area contributed by atoms with Gasteiger partial charge in [-0.2, -0.15) is 10.2 Å². The van der Waals surface area contributed by atoms with Crippen LogP contribution in [0.25, 0.3) is 0 Å². The van der Waals surface area contributed by atoms with Gasteiger partial charge in [0.2, 0.25) is 0 Å². The molecule has 1 unspecified atom stereocenters. The number of azo groups is 1. The Morgan fingerprint density at radius 3 is 2.18 bits per heavy atom. The topological polar surface area (TPSA) is 77.3 Å². The van der Waals surface area contributed by atoms with Gasteiger partial charge in [0.1, 0.15) is 11.4 Å². The molecule has 0 amide bonds. The van der Waals surface area contributed by atoms with Crippen molar-refractivity contribution in [3.8, 4) is 5.75 Å². The average Bonchev–Trinajstić information content (AvgIpc) is 3.29. The highest BCUT2D eigenvalue weighted by Gasteiger charge is 2.18. The fraction of sp³-hybridized carbons (Fsp3) is 0.440. The van der Waals surface area contributed by atoms with Crippen LogP contribution in [0.1, 0.15) is 63.2 Å². The lowest BCUT2D eigenvalue weighted by atomic mass is 10.1. The van der Waals surface area contributed by atoms with Gasteiger partial charge in [-0.25, -0.2) is 4.79 Å². The number of hydrogen-bond donors (Lipinski definition) is 0. The quantitative estimate of drug-likeness (QED) is 0.119. The largest absolute Gasteiger partial charge is 0.456 e. The highest BCUT2D eigenvalue weighted by atomic mass is 33.1. The van der Waals surface area contributed by atoms with Crippen molar-refractivity contribution in [2.45, 2.75) is 63.7 Å². The lowest BCUT2D eigenvalue weighted by Crippen LogP contribution is -2.23. The Hall–Kier alpha value is -2.32. The smallest absolute Gasteiger partial charge is 0.338 e. The van der Waals surface area contributed by atoms with Gasteiger partial charge >= 0.3 is 11.9 Å². The third-order valence-electron chi connectivity index (χ3n) is 4.74.